The van der Waals surface area contributed by atoms with Crippen molar-refractivity contribution >= 4 is 11.7 Å². The lowest BCUT2D eigenvalue weighted by molar-refractivity contribution is 0.0705. The van der Waals surface area contributed by atoms with Crippen LogP contribution >= 0.6 is 0 Å². The fourth-order valence-corrected chi connectivity index (χ4v) is 1.36. The van der Waals surface area contributed by atoms with Crippen LogP contribution in [0.15, 0.2) is 12.3 Å². The SMILES string of the molecule is CCOCCN(C)C(=O)c1ccnc(NN)c1F. The van der Waals surface area contributed by atoms with Gasteiger partial charge in [0.15, 0.2) is 11.6 Å². The normalized spacial score (nSPS) is 10.2. The van der Waals surface area contributed by atoms with Crippen LogP contribution in [0.1, 0.15) is 17.3 Å². The maximum Gasteiger partial charge on any atom is 0.256 e. The van der Waals surface area contributed by atoms with Gasteiger partial charge in [-0.1, -0.05) is 0 Å². The number of nitrogens with two attached hydrogens (primary N) is 1. The molecule has 0 fully saturated rings. The molecule has 3 N–H and O–H groups in total. The lowest BCUT2D eigenvalue weighted by Gasteiger charge is -2.17. The van der Waals surface area contributed by atoms with Gasteiger partial charge in [-0.15, -0.1) is 0 Å². The molecule has 1 aromatic rings. The molecule has 7 heteroatoms. The van der Waals surface area contributed by atoms with Gasteiger partial charge in [0.05, 0.1) is 12.2 Å². The van der Waals surface area contributed by atoms with E-state index in [1.54, 1.807) is 7.05 Å². The highest BCUT2D eigenvalue weighted by Gasteiger charge is 2.18. The fraction of sp³-hybridized carbons (Fsp3) is 0.455. The third-order valence-electron chi connectivity index (χ3n) is 2.38. The Bertz CT molecular complexity index is 414. The Balaban J connectivity index is 2.77. The van der Waals surface area contributed by atoms with E-state index in [2.05, 4.69) is 10.4 Å². The second kappa shape index (κ2) is 6.87. The maximum absolute atomic E-state index is 13.8. The molecule has 0 saturated heterocycles. The first-order valence-corrected chi connectivity index (χ1v) is 5.56. The average Bonchev–Trinajstić information content (AvgIpc) is 2.38. The number of nitrogens with one attached hydrogen (secondary N) is 1. The van der Waals surface area contributed by atoms with Gasteiger partial charge in [-0.05, 0) is 13.0 Å². The van der Waals surface area contributed by atoms with Crippen molar-refractivity contribution < 1.29 is 13.9 Å². The van der Waals surface area contributed by atoms with Gasteiger partial charge in [0, 0.05) is 26.4 Å². The van der Waals surface area contributed by atoms with Gasteiger partial charge in [-0.2, -0.15) is 0 Å². The second-order valence-electron chi connectivity index (χ2n) is 3.59. The predicted octanol–water partition coefficient (Wildman–Crippen LogP) is 0.615. The summed E-state index contributed by atoms with van der Waals surface area (Å²) in [5, 5.41) is 0. The molecule has 0 radical (unpaired) electrons. The number of hydrazine groups is 1. The van der Waals surface area contributed by atoms with Crippen LogP contribution in [-0.4, -0.2) is 42.6 Å². The molecule has 18 heavy (non-hydrogen) atoms. The number of rotatable bonds is 6. The zero-order valence-corrected chi connectivity index (χ0v) is 10.4. The van der Waals surface area contributed by atoms with Gasteiger partial charge in [0.2, 0.25) is 0 Å². The second-order valence-corrected chi connectivity index (χ2v) is 3.59. The third-order valence-corrected chi connectivity index (χ3v) is 2.38. The van der Waals surface area contributed by atoms with Gasteiger partial charge < -0.3 is 15.1 Å². The maximum atomic E-state index is 13.8. The van der Waals surface area contributed by atoms with Gasteiger partial charge in [-0.3, -0.25) is 4.79 Å². The zero-order chi connectivity index (χ0) is 13.5. The number of hydrogen-bond donors (Lipinski definition) is 2. The first kappa shape index (κ1) is 14.3. The summed E-state index contributed by atoms with van der Waals surface area (Å²) in [6, 6.07) is 1.32. The molecule has 0 aliphatic carbocycles. The van der Waals surface area contributed by atoms with E-state index in [1.165, 1.54) is 17.2 Å². The van der Waals surface area contributed by atoms with Crippen LogP contribution in [0.25, 0.3) is 0 Å². The highest BCUT2D eigenvalue weighted by Crippen LogP contribution is 2.15. The predicted molar refractivity (Wildman–Crippen MR) is 65.5 cm³/mol. The summed E-state index contributed by atoms with van der Waals surface area (Å²) < 4.78 is 18.9. The third kappa shape index (κ3) is 3.38. The molecule has 0 saturated carbocycles. The van der Waals surface area contributed by atoms with Gasteiger partial charge in [-0.25, -0.2) is 15.2 Å². The van der Waals surface area contributed by atoms with Crippen molar-refractivity contribution in [2.45, 2.75) is 6.92 Å². The minimum atomic E-state index is -0.756. The number of ether oxygens (including phenoxy) is 1. The van der Waals surface area contributed by atoms with Crippen molar-refractivity contribution in [3.63, 3.8) is 0 Å². The molecule has 1 aromatic heterocycles. The number of nitrogens with zero attached hydrogens (tertiary/aromatic N) is 2. The number of carbonyl (C=O) groups is 1. The Morgan fingerprint density at radius 2 is 2.39 bits per heavy atom. The molecule has 0 spiro atoms. The van der Waals surface area contributed by atoms with E-state index in [0.29, 0.717) is 19.8 Å². The molecule has 0 atom stereocenters. The number of amides is 1. The van der Waals surface area contributed by atoms with Crippen LogP contribution < -0.4 is 11.3 Å². The average molecular weight is 256 g/mol. The Kier molecular flexibility index (Phi) is 5.47. The highest BCUT2D eigenvalue weighted by atomic mass is 19.1. The van der Waals surface area contributed by atoms with Crippen LogP contribution in [0.4, 0.5) is 10.2 Å². The molecule has 0 unspecified atom stereocenters. The quantitative estimate of drug-likeness (QED) is 0.443. The van der Waals surface area contributed by atoms with E-state index >= 15 is 0 Å². The van der Waals surface area contributed by atoms with Crippen LogP contribution in [0, 0.1) is 5.82 Å². The summed E-state index contributed by atoms with van der Waals surface area (Å²) in [6.45, 7) is 3.24. The molecular formula is C11H17FN4O2. The van der Waals surface area contributed by atoms with Gasteiger partial charge >= 0.3 is 0 Å². The number of hydrogen-bond acceptors (Lipinski definition) is 5. The van der Waals surface area contributed by atoms with Crippen LogP contribution in [0.2, 0.25) is 0 Å². The number of nitrogen functional groups attached to an aromatic ring is 1. The van der Waals surface area contributed by atoms with Crippen molar-refractivity contribution in [2.75, 3.05) is 32.2 Å². The molecule has 6 nitrogen and oxygen atoms in total. The van der Waals surface area contributed by atoms with Crippen LogP contribution in [-0.2, 0) is 4.74 Å². The molecule has 0 aliphatic heterocycles. The number of aromatic nitrogens is 1. The molecular weight excluding hydrogens is 239 g/mol. The Labute approximate surface area is 105 Å². The minimum absolute atomic E-state index is 0.0723. The summed E-state index contributed by atoms with van der Waals surface area (Å²) in [7, 11) is 1.58. The Hall–Kier alpha value is -1.73. The summed E-state index contributed by atoms with van der Waals surface area (Å²) in [6.07, 6.45) is 1.32. The topological polar surface area (TPSA) is 80.5 Å². The van der Waals surface area contributed by atoms with E-state index in [4.69, 9.17) is 10.6 Å². The van der Waals surface area contributed by atoms with Crippen LogP contribution in [0.3, 0.4) is 0 Å². The summed E-state index contributed by atoms with van der Waals surface area (Å²) in [5.74, 6) is 3.75. The van der Waals surface area contributed by atoms with E-state index in [0.717, 1.165) is 0 Å². The van der Waals surface area contributed by atoms with Crippen molar-refractivity contribution in [3.8, 4) is 0 Å². The Morgan fingerprint density at radius 1 is 1.67 bits per heavy atom. The van der Waals surface area contributed by atoms with Crippen molar-refractivity contribution in [2.24, 2.45) is 5.84 Å². The van der Waals surface area contributed by atoms with E-state index in [-0.39, 0.29) is 11.4 Å². The molecule has 0 aliphatic rings. The molecule has 100 valence electrons. The van der Waals surface area contributed by atoms with E-state index in [1.807, 2.05) is 6.92 Å². The van der Waals surface area contributed by atoms with E-state index in [9.17, 15) is 9.18 Å². The van der Waals surface area contributed by atoms with Gasteiger partial charge in [0.25, 0.3) is 5.91 Å². The first-order valence-electron chi connectivity index (χ1n) is 5.56. The zero-order valence-electron chi connectivity index (χ0n) is 10.4. The summed E-state index contributed by atoms with van der Waals surface area (Å²) in [5.41, 5.74) is 2.03. The van der Waals surface area contributed by atoms with E-state index < -0.39 is 11.7 Å². The number of pyridine rings is 1. The lowest BCUT2D eigenvalue weighted by atomic mass is 10.2. The molecule has 1 amide bonds. The number of anilines is 1. The number of carbonyl (C=O) groups excluding carboxylic acids is 1. The first-order chi connectivity index (χ1) is 8.61. The monoisotopic (exact) mass is 256 g/mol. The fourth-order valence-electron chi connectivity index (χ4n) is 1.36. The highest BCUT2D eigenvalue weighted by molar-refractivity contribution is 5.95. The molecule has 0 bridgehead atoms. The smallest absolute Gasteiger partial charge is 0.256 e. The Morgan fingerprint density at radius 3 is 3.00 bits per heavy atom. The lowest BCUT2D eigenvalue weighted by Crippen LogP contribution is -2.31. The summed E-state index contributed by atoms with van der Waals surface area (Å²) in [4.78, 5) is 17.0. The molecule has 1 rings (SSSR count). The standard InChI is InChI=1S/C11H17FN4O2/c1-3-18-7-6-16(2)11(17)8-4-5-14-10(15-13)9(8)12/h4-5H,3,6-7,13H2,1-2H3,(H,14,15). The van der Waals surface area contributed by atoms with Gasteiger partial charge in [0.1, 0.15) is 0 Å². The van der Waals surface area contributed by atoms with Crippen molar-refractivity contribution in [1.29, 1.82) is 0 Å². The van der Waals surface area contributed by atoms with Crippen LogP contribution in [0.5, 0.6) is 0 Å². The molecule has 1 heterocycles. The van der Waals surface area contributed by atoms with Crippen molar-refractivity contribution in [1.82, 2.24) is 9.88 Å². The minimum Gasteiger partial charge on any atom is -0.380 e. The largest absolute Gasteiger partial charge is 0.380 e. The van der Waals surface area contributed by atoms with Crippen molar-refractivity contribution in [3.05, 3.63) is 23.6 Å². The number of likely N-dealkylation sites (N-methyl/N-ethyl adjacent to an activating group) is 1. The number of halogens is 1. The molecule has 0 aromatic carbocycles. The summed E-state index contributed by atoms with van der Waals surface area (Å²) >= 11 is 0.